The zero-order valence-corrected chi connectivity index (χ0v) is 14.8. The lowest BCUT2D eigenvalue weighted by molar-refractivity contribution is -0.384. The number of benzene rings is 2. The minimum Gasteiger partial charge on any atom is -0.324 e. The first-order valence-corrected chi connectivity index (χ1v) is 8.82. The van der Waals surface area contributed by atoms with Crippen molar-refractivity contribution in [1.29, 1.82) is 0 Å². The Morgan fingerprint density at radius 2 is 1.93 bits per heavy atom. The first kappa shape index (κ1) is 17.7. The highest BCUT2D eigenvalue weighted by Gasteiger charge is 2.31. The molecule has 1 N–H and O–H groups in total. The van der Waals surface area contributed by atoms with Gasteiger partial charge in [0.15, 0.2) is 0 Å². The van der Waals surface area contributed by atoms with E-state index in [0.29, 0.717) is 11.5 Å². The first-order valence-electron chi connectivity index (χ1n) is 8.82. The summed E-state index contributed by atoms with van der Waals surface area (Å²) < 4.78 is 2.67. The number of hydrogen-bond acceptors (Lipinski definition) is 5. The number of nitrogens with zero attached hydrogens (tertiary/aromatic N) is 4. The van der Waals surface area contributed by atoms with Crippen LogP contribution in [0.15, 0.2) is 59.4 Å². The van der Waals surface area contributed by atoms with Gasteiger partial charge >= 0.3 is 5.69 Å². The largest absolute Gasteiger partial charge is 0.351 e. The zero-order valence-electron chi connectivity index (χ0n) is 14.8. The maximum atomic E-state index is 12.8. The summed E-state index contributed by atoms with van der Waals surface area (Å²) in [5.41, 5.74) is 0.485. The summed E-state index contributed by atoms with van der Waals surface area (Å²) in [5.74, 6) is 0.385. The van der Waals surface area contributed by atoms with E-state index in [0.717, 1.165) is 17.5 Å². The molecule has 0 saturated heterocycles. The average molecular weight is 379 g/mol. The van der Waals surface area contributed by atoms with Crippen molar-refractivity contribution in [3.63, 3.8) is 0 Å². The molecule has 2 aromatic carbocycles. The molecule has 9 nitrogen and oxygen atoms in total. The second-order valence-corrected chi connectivity index (χ2v) is 6.60. The number of aromatic nitrogens is 3. The van der Waals surface area contributed by atoms with E-state index < -0.39 is 10.8 Å². The fourth-order valence-electron chi connectivity index (χ4n) is 2.99. The Labute approximate surface area is 159 Å². The van der Waals surface area contributed by atoms with Crippen LogP contribution in [0.3, 0.4) is 0 Å². The van der Waals surface area contributed by atoms with E-state index in [1.165, 1.54) is 22.8 Å². The Kier molecular flexibility index (Phi) is 4.48. The molecule has 142 valence electrons. The molecule has 3 aromatic rings. The first-order chi connectivity index (χ1) is 13.5. The van der Waals surface area contributed by atoms with E-state index in [-0.39, 0.29) is 29.5 Å². The third kappa shape index (κ3) is 3.54. The second-order valence-electron chi connectivity index (χ2n) is 6.60. The highest BCUT2D eigenvalue weighted by molar-refractivity contribution is 5.90. The molecule has 4 rings (SSSR count). The lowest BCUT2D eigenvalue weighted by atomic mass is 10.3. The highest BCUT2D eigenvalue weighted by Crippen LogP contribution is 2.39. The molecule has 0 aliphatic heterocycles. The molecule has 9 heteroatoms. The Balaban J connectivity index is 1.58. The molecular formula is C19H17N5O4. The number of carbonyl (C=O) groups excluding carboxylic acids is 1. The molecule has 0 radical (unpaired) electrons. The minimum absolute atomic E-state index is 0.126. The summed E-state index contributed by atoms with van der Waals surface area (Å²) in [5, 5.41) is 17.8. The summed E-state index contributed by atoms with van der Waals surface area (Å²) >= 11 is 0. The summed E-state index contributed by atoms with van der Waals surface area (Å²) in [6.45, 7) is -0.277. The molecule has 28 heavy (non-hydrogen) atoms. The number of nitrogens with one attached hydrogen (secondary N) is 1. The van der Waals surface area contributed by atoms with E-state index in [1.54, 1.807) is 6.07 Å². The normalized spacial score (nSPS) is 13.3. The number of amides is 1. The summed E-state index contributed by atoms with van der Waals surface area (Å²) in [6.07, 6.45) is 1.92. The Morgan fingerprint density at radius 1 is 1.18 bits per heavy atom. The van der Waals surface area contributed by atoms with Crippen molar-refractivity contribution in [2.75, 3.05) is 5.32 Å². The van der Waals surface area contributed by atoms with Crippen molar-refractivity contribution in [3.05, 3.63) is 81.0 Å². The van der Waals surface area contributed by atoms with Crippen LogP contribution in [-0.2, 0) is 11.3 Å². The molecule has 1 aliphatic rings. The summed E-state index contributed by atoms with van der Waals surface area (Å²) in [4.78, 5) is 35.5. The number of non-ortho nitro benzene ring substituents is 1. The standard InChI is InChI=1S/C19H17N5O4/c25-17(20-14-5-4-8-16(11-14)24(27)28)12-22-19(26)23(15-6-2-1-3-7-15)18(21-22)13-9-10-13/h1-8,11,13H,9-10,12H2,(H,20,25). The number of nitro benzene ring substituents is 1. The molecule has 1 heterocycles. The third-order valence-electron chi connectivity index (χ3n) is 4.46. The predicted octanol–water partition coefficient (Wildman–Crippen LogP) is 2.46. The smallest absolute Gasteiger partial charge is 0.324 e. The van der Waals surface area contributed by atoms with Crippen molar-refractivity contribution in [3.8, 4) is 5.69 Å². The topological polar surface area (TPSA) is 112 Å². The number of rotatable bonds is 6. The van der Waals surface area contributed by atoms with Crippen molar-refractivity contribution in [1.82, 2.24) is 14.3 Å². The molecule has 1 amide bonds. The van der Waals surface area contributed by atoms with Gasteiger partial charge < -0.3 is 5.32 Å². The van der Waals surface area contributed by atoms with E-state index in [2.05, 4.69) is 10.4 Å². The van der Waals surface area contributed by atoms with Gasteiger partial charge in [0.2, 0.25) is 5.91 Å². The maximum Gasteiger partial charge on any atom is 0.351 e. The van der Waals surface area contributed by atoms with Gasteiger partial charge in [-0.3, -0.25) is 14.9 Å². The minimum atomic E-state index is -0.538. The fraction of sp³-hybridized carbons (Fsp3) is 0.211. The van der Waals surface area contributed by atoms with Gasteiger partial charge in [0.25, 0.3) is 5.69 Å². The number of nitro groups is 1. The van der Waals surface area contributed by atoms with Crippen molar-refractivity contribution in [2.45, 2.75) is 25.3 Å². The number of hydrogen-bond donors (Lipinski definition) is 1. The summed E-state index contributed by atoms with van der Waals surface area (Å²) in [6, 6.07) is 14.8. The zero-order chi connectivity index (χ0) is 19.7. The van der Waals surface area contributed by atoms with Gasteiger partial charge in [0.1, 0.15) is 12.4 Å². The number of anilines is 1. The van der Waals surface area contributed by atoms with Crippen LogP contribution < -0.4 is 11.0 Å². The van der Waals surface area contributed by atoms with Gasteiger partial charge in [-0.05, 0) is 31.0 Å². The fourth-order valence-corrected chi connectivity index (χ4v) is 2.99. The van der Waals surface area contributed by atoms with E-state index in [4.69, 9.17) is 0 Å². The molecule has 0 unspecified atom stereocenters. The molecule has 0 atom stereocenters. The van der Waals surface area contributed by atoms with Crippen molar-refractivity contribution in [2.24, 2.45) is 0 Å². The average Bonchev–Trinajstić information content (AvgIpc) is 3.48. The number of carbonyl (C=O) groups is 1. The van der Waals surface area contributed by atoms with Gasteiger partial charge in [-0.2, -0.15) is 5.10 Å². The SMILES string of the molecule is O=C(Cn1nc(C2CC2)n(-c2ccccc2)c1=O)Nc1cccc([N+](=O)[O-])c1. The van der Waals surface area contributed by atoms with Gasteiger partial charge in [-0.1, -0.05) is 24.3 Å². The molecule has 1 saturated carbocycles. The monoisotopic (exact) mass is 379 g/mol. The Bertz CT molecular complexity index is 1100. The van der Waals surface area contributed by atoms with Gasteiger partial charge in [0, 0.05) is 23.7 Å². The van der Waals surface area contributed by atoms with Crippen LogP contribution >= 0.6 is 0 Å². The van der Waals surface area contributed by atoms with Crippen molar-refractivity contribution < 1.29 is 9.72 Å². The Morgan fingerprint density at radius 3 is 2.61 bits per heavy atom. The maximum absolute atomic E-state index is 12.8. The van der Waals surface area contributed by atoms with Crippen LogP contribution in [0.2, 0.25) is 0 Å². The lowest BCUT2D eigenvalue weighted by Crippen LogP contribution is -2.29. The van der Waals surface area contributed by atoms with Crippen LogP contribution in [0.1, 0.15) is 24.6 Å². The molecular weight excluding hydrogens is 362 g/mol. The molecule has 1 fully saturated rings. The molecule has 0 bridgehead atoms. The van der Waals surface area contributed by atoms with E-state index in [1.807, 2.05) is 30.3 Å². The van der Waals surface area contributed by atoms with Gasteiger partial charge in [0.05, 0.1) is 10.6 Å². The quantitative estimate of drug-likeness (QED) is 0.522. The third-order valence-corrected chi connectivity index (χ3v) is 4.46. The second kappa shape index (κ2) is 7.10. The Hall–Kier alpha value is -3.75. The number of para-hydroxylation sites is 1. The predicted molar refractivity (Wildman–Crippen MR) is 102 cm³/mol. The van der Waals surface area contributed by atoms with Crippen LogP contribution in [-0.4, -0.2) is 25.2 Å². The summed E-state index contributed by atoms with van der Waals surface area (Å²) in [7, 11) is 0. The van der Waals surface area contributed by atoms with Crippen LogP contribution in [0, 0.1) is 10.1 Å². The molecule has 0 spiro atoms. The van der Waals surface area contributed by atoms with Gasteiger partial charge in [-0.15, -0.1) is 0 Å². The van der Waals surface area contributed by atoms with Crippen LogP contribution in [0.25, 0.3) is 5.69 Å². The highest BCUT2D eigenvalue weighted by atomic mass is 16.6. The van der Waals surface area contributed by atoms with Gasteiger partial charge in [-0.25, -0.2) is 14.0 Å². The molecule has 1 aliphatic carbocycles. The molecule has 1 aromatic heterocycles. The van der Waals surface area contributed by atoms with Crippen LogP contribution in [0.4, 0.5) is 11.4 Å². The van der Waals surface area contributed by atoms with Crippen LogP contribution in [0.5, 0.6) is 0 Å². The van der Waals surface area contributed by atoms with E-state index in [9.17, 15) is 19.7 Å². The van der Waals surface area contributed by atoms with Crippen molar-refractivity contribution >= 4 is 17.3 Å². The van der Waals surface area contributed by atoms with E-state index >= 15 is 0 Å². The lowest BCUT2D eigenvalue weighted by Gasteiger charge is -2.04.